The van der Waals surface area contributed by atoms with E-state index >= 15 is 0 Å². The Hall–Kier alpha value is -1.43. The number of rotatable bonds is 2. The van der Waals surface area contributed by atoms with E-state index in [1.54, 1.807) is 6.92 Å². The van der Waals surface area contributed by atoms with Crippen molar-refractivity contribution < 1.29 is 14.6 Å². The number of nitrogens with zero attached hydrogens (tertiary/aromatic N) is 3. The minimum Gasteiger partial charge on any atom is -0.476 e. The number of ether oxygens (including phenoxy) is 1. The van der Waals surface area contributed by atoms with Gasteiger partial charge in [-0.25, -0.2) is 4.79 Å². The maximum absolute atomic E-state index is 10.8. The van der Waals surface area contributed by atoms with Gasteiger partial charge in [0.15, 0.2) is 5.69 Å². The van der Waals surface area contributed by atoms with Crippen LogP contribution >= 0.6 is 0 Å². The molecular weight excluding hydrogens is 198 g/mol. The van der Waals surface area contributed by atoms with Crippen molar-refractivity contribution in [2.75, 3.05) is 13.2 Å². The highest BCUT2D eigenvalue weighted by Crippen LogP contribution is 2.19. The van der Waals surface area contributed by atoms with Crippen LogP contribution < -0.4 is 0 Å². The molecule has 0 amide bonds. The normalized spacial score (nSPS) is 17.9. The highest BCUT2D eigenvalue weighted by Gasteiger charge is 2.21. The van der Waals surface area contributed by atoms with Gasteiger partial charge in [-0.2, -0.15) is 9.90 Å². The van der Waals surface area contributed by atoms with E-state index < -0.39 is 5.97 Å². The maximum atomic E-state index is 10.8. The molecule has 1 aromatic heterocycles. The van der Waals surface area contributed by atoms with Crippen LogP contribution in [0.1, 0.15) is 35.1 Å². The average Bonchev–Trinajstić information content (AvgIpc) is 2.62. The molecule has 0 bridgehead atoms. The smallest absolute Gasteiger partial charge is 0.358 e. The Bertz CT molecular complexity index is 369. The molecule has 2 heterocycles. The molecule has 6 nitrogen and oxygen atoms in total. The summed E-state index contributed by atoms with van der Waals surface area (Å²) in [7, 11) is 0. The molecule has 1 N–H and O–H groups in total. The van der Waals surface area contributed by atoms with Crippen LogP contribution in [0, 0.1) is 6.92 Å². The van der Waals surface area contributed by atoms with E-state index in [1.165, 1.54) is 4.80 Å². The van der Waals surface area contributed by atoms with Gasteiger partial charge in [0.1, 0.15) is 0 Å². The summed E-state index contributed by atoms with van der Waals surface area (Å²) in [5.74, 6) is -1.02. The van der Waals surface area contributed by atoms with Crippen molar-refractivity contribution >= 4 is 5.97 Å². The van der Waals surface area contributed by atoms with Gasteiger partial charge in [-0.15, -0.1) is 5.10 Å². The second kappa shape index (κ2) is 3.98. The lowest BCUT2D eigenvalue weighted by Gasteiger charge is -2.20. The number of carboxylic acids is 1. The van der Waals surface area contributed by atoms with Gasteiger partial charge in [0.25, 0.3) is 0 Å². The first kappa shape index (κ1) is 10.1. The molecule has 2 rings (SSSR count). The molecular formula is C9H13N3O3. The van der Waals surface area contributed by atoms with Gasteiger partial charge in [0, 0.05) is 13.2 Å². The number of carboxylic acid groups (broad SMARTS) is 1. The molecule has 1 aromatic rings. The van der Waals surface area contributed by atoms with E-state index in [4.69, 9.17) is 9.84 Å². The van der Waals surface area contributed by atoms with Crippen LogP contribution in [-0.2, 0) is 4.74 Å². The van der Waals surface area contributed by atoms with E-state index in [-0.39, 0.29) is 11.7 Å². The number of hydrogen-bond donors (Lipinski definition) is 1. The van der Waals surface area contributed by atoms with Gasteiger partial charge in [0.2, 0.25) is 0 Å². The topological polar surface area (TPSA) is 77.2 Å². The highest BCUT2D eigenvalue weighted by molar-refractivity contribution is 5.86. The summed E-state index contributed by atoms with van der Waals surface area (Å²) < 4.78 is 5.22. The third-order valence-electron chi connectivity index (χ3n) is 2.52. The first-order chi connectivity index (χ1) is 7.18. The van der Waals surface area contributed by atoms with E-state index in [0.717, 1.165) is 12.8 Å². The molecule has 1 aliphatic heterocycles. The SMILES string of the molecule is Cc1nn(C2CCOCC2)nc1C(=O)O. The van der Waals surface area contributed by atoms with E-state index in [9.17, 15) is 4.79 Å². The fourth-order valence-corrected chi connectivity index (χ4v) is 1.68. The van der Waals surface area contributed by atoms with Crippen molar-refractivity contribution in [1.82, 2.24) is 15.0 Å². The fourth-order valence-electron chi connectivity index (χ4n) is 1.68. The van der Waals surface area contributed by atoms with E-state index in [0.29, 0.717) is 18.9 Å². The molecule has 1 fully saturated rings. The quantitative estimate of drug-likeness (QED) is 0.776. The lowest BCUT2D eigenvalue weighted by atomic mass is 10.1. The van der Waals surface area contributed by atoms with Crippen LogP contribution in [0.15, 0.2) is 0 Å². The minimum atomic E-state index is -1.02. The molecule has 0 atom stereocenters. The molecule has 1 saturated heterocycles. The van der Waals surface area contributed by atoms with Crippen molar-refractivity contribution in [1.29, 1.82) is 0 Å². The van der Waals surface area contributed by atoms with Crippen LogP contribution in [0.5, 0.6) is 0 Å². The molecule has 0 spiro atoms. The first-order valence-corrected chi connectivity index (χ1v) is 4.93. The predicted octanol–water partition coefficient (Wildman–Crippen LogP) is 0.636. The van der Waals surface area contributed by atoms with E-state index in [2.05, 4.69) is 10.2 Å². The molecule has 15 heavy (non-hydrogen) atoms. The predicted molar refractivity (Wildman–Crippen MR) is 50.8 cm³/mol. The summed E-state index contributed by atoms with van der Waals surface area (Å²) in [6, 6.07) is 0.172. The van der Waals surface area contributed by atoms with Crippen molar-refractivity contribution in [3.05, 3.63) is 11.4 Å². The summed E-state index contributed by atoms with van der Waals surface area (Å²) in [4.78, 5) is 12.3. The van der Waals surface area contributed by atoms with Gasteiger partial charge in [-0.1, -0.05) is 0 Å². The average molecular weight is 211 g/mol. The molecule has 0 aromatic carbocycles. The number of aromatic carboxylic acids is 1. The Balaban J connectivity index is 2.21. The summed E-state index contributed by atoms with van der Waals surface area (Å²) in [6.45, 7) is 3.04. The van der Waals surface area contributed by atoms with Crippen molar-refractivity contribution in [2.45, 2.75) is 25.8 Å². The number of aryl methyl sites for hydroxylation is 1. The van der Waals surface area contributed by atoms with Gasteiger partial charge < -0.3 is 9.84 Å². The van der Waals surface area contributed by atoms with Crippen molar-refractivity contribution in [3.8, 4) is 0 Å². The molecule has 6 heteroatoms. The third kappa shape index (κ3) is 1.99. The Kier molecular flexibility index (Phi) is 2.68. The Morgan fingerprint density at radius 2 is 2.13 bits per heavy atom. The van der Waals surface area contributed by atoms with Crippen LogP contribution in [0.25, 0.3) is 0 Å². The van der Waals surface area contributed by atoms with Crippen LogP contribution in [0.3, 0.4) is 0 Å². The lowest BCUT2D eigenvalue weighted by molar-refractivity contribution is 0.0611. The van der Waals surface area contributed by atoms with Crippen molar-refractivity contribution in [3.63, 3.8) is 0 Å². The zero-order chi connectivity index (χ0) is 10.8. The largest absolute Gasteiger partial charge is 0.476 e. The first-order valence-electron chi connectivity index (χ1n) is 4.93. The molecule has 0 saturated carbocycles. The minimum absolute atomic E-state index is 0.0430. The summed E-state index contributed by atoms with van der Waals surface area (Å²) in [5, 5.41) is 16.9. The Labute approximate surface area is 86.8 Å². The van der Waals surface area contributed by atoms with Crippen LogP contribution in [0.2, 0.25) is 0 Å². The molecule has 0 unspecified atom stereocenters. The maximum Gasteiger partial charge on any atom is 0.358 e. The Morgan fingerprint density at radius 1 is 1.47 bits per heavy atom. The summed E-state index contributed by atoms with van der Waals surface area (Å²) in [6.07, 6.45) is 1.68. The van der Waals surface area contributed by atoms with Gasteiger partial charge in [0.05, 0.1) is 11.7 Å². The van der Waals surface area contributed by atoms with Gasteiger partial charge in [-0.05, 0) is 19.8 Å². The zero-order valence-electron chi connectivity index (χ0n) is 8.51. The molecule has 1 aliphatic rings. The fraction of sp³-hybridized carbons (Fsp3) is 0.667. The third-order valence-corrected chi connectivity index (χ3v) is 2.52. The summed E-state index contributed by atoms with van der Waals surface area (Å²) >= 11 is 0. The zero-order valence-corrected chi connectivity index (χ0v) is 8.51. The monoisotopic (exact) mass is 211 g/mol. The molecule has 0 radical (unpaired) electrons. The Morgan fingerprint density at radius 3 is 2.67 bits per heavy atom. The lowest BCUT2D eigenvalue weighted by Crippen LogP contribution is -2.21. The van der Waals surface area contributed by atoms with Crippen LogP contribution in [0.4, 0.5) is 0 Å². The number of carbonyl (C=O) groups is 1. The number of hydrogen-bond acceptors (Lipinski definition) is 4. The van der Waals surface area contributed by atoms with Crippen LogP contribution in [-0.4, -0.2) is 39.3 Å². The van der Waals surface area contributed by atoms with E-state index in [1.807, 2.05) is 0 Å². The van der Waals surface area contributed by atoms with Gasteiger partial charge >= 0.3 is 5.97 Å². The number of aromatic nitrogens is 3. The van der Waals surface area contributed by atoms with Gasteiger partial charge in [-0.3, -0.25) is 0 Å². The standard InChI is InChI=1S/C9H13N3O3/c1-6-8(9(13)14)11-12(10-6)7-2-4-15-5-3-7/h7H,2-5H2,1H3,(H,13,14). The van der Waals surface area contributed by atoms with Crippen molar-refractivity contribution in [2.24, 2.45) is 0 Å². The second-order valence-electron chi connectivity index (χ2n) is 3.60. The highest BCUT2D eigenvalue weighted by atomic mass is 16.5. The second-order valence-corrected chi connectivity index (χ2v) is 3.60. The molecule has 0 aliphatic carbocycles. The summed E-state index contributed by atoms with van der Waals surface area (Å²) in [5.41, 5.74) is 0.510. The molecule has 82 valence electrons.